The molecular formula is C14H15ClO3. The first-order chi connectivity index (χ1) is 8.61. The van der Waals surface area contributed by atoms with Crippen molar-refractivity contribution in [2.75, 3.05) is 7.11 Å². The van der Waals surface area contributed by atoms with Crippen LogP contribution in [0.3, 0.4) is 0 Å². The van der Waals surface area contributed by atoms with Gasteiger partial charge in [-0.1, -0.05) is 17.7 Å². The van der Waals surface area contributed by atoms with Crippen molar-refractivity contribution in [2.24, 2.45) is 0 Å². The fourth-order valence-corrected chi connectivity index (χ4v) is 2.17. The molecule has 96 valence electrons. The largest absolute Gasteiger partial charge is 0.496 e. The summed E-state index contributed by atoms with van der Waals surface area (Å²) in [5.41, 5.74) is 2.67. The minimum atomic E-state index is -0.702. The molecule has 1 N–H and O–H groups in total. The molecule has 0 spiro atoms. The molecule has 1 aromatic carbocycles. The lowest BCUT2D eigenvalue weighted by molar-refractivity contribution is 0.176. The Labute approximate surface area is 111 Å². The van der Waals surface area contributed by atoms with Gasteiger partial charge in [-0.2, -0.15) is 0 Å². The number of benzene rings is 1. The van der Waals surface area contributed by atoms with Crippen molar-refractivity contribution in [1.82, 2.24) is 0 Å². The summed E-state index contributed by atoms with van der Waals surface area (Å²) in [6.07, 6.45) is 1.20. The van der Waals surface area contributed by atoms with Crippen molar-refractivity contribution < 1.29 is 14.3 Å². The van der Waals surface area contributed by atoms with Crippen LogP contribution in [0, 0.1) is 6.92 Å². The van der Waals surface area contributed by atoms with E-state index >= 15 is 0 Å². The quantitative estimate of drug-likeness (QED) is 0.921. The summed E-state index contributed by atoms with van der Waals surface area (Å²) in [5, 5.41) is 10.4. The van der Waals surface area contributed by atoms with Crippen LogP contribution in [0.1, 0.15) is 22.8 Å². The van der Waals surface area contributed by atoms with Gasteiger partial charge in [0.2, 0.25) is 0 Å². The Morgan fingerprint density at radius 1 is 1.39 bits per heavy atom. The molecule has 1 aromatic heterocycles. The topological polar surface area (TPSA) is 42.6 Å². The van der Waals surface area contributed by atoms with Gasteiger partial charge >= 0.3 is 0 Å². The number of furan rings is 1. The molecule has 0 saturated heterocycles. The van der Waals surface area contributed by atoms with Crippen molar-refractivity contribution in [3.63, 3.8) is 0 Å². The predicted molar refractivity (Wildman–Crippen MR) is 70.1 cm³/mol. The van der Waals surface area contributed by atoms with Gasteiger partial charge in [0, 0.05) is 12.0 Å². The third kappa shape index (κ3) is 2.68. The molecule has 1 unspecified atom stereocenters. The van der Waals surface area contributed by atoms with Gasteiger partial charge < -0.3 is 14.3 Å². The van der Waals surface area contributed by atoms with Crippen molar-refractivity contribution >= 4 is 11.6 Å². The Hall–Kier alpha value is -1.45. The van der Waals surface area contributed by atoms with E-state index in [1.165, 1.54) is 6.26 Å². The number of hydrogen-bond donors (Lipinski definition) is 1. The Bertz CT molecular complexity index is 534. The molecule has 0 amide bonds. The van der Waals surface area contributed by atoms with Gasteiger partial charge in [-0.15, -0.1) is 0 Å². The fourth-order valence-electron chi connectivity index (χ4n) is 1.93. The number of aliphatic hydroxyl groups excluding tert-OH is 1. The van der Waals surface area contributed by atoms with Crippen molar-refractivity contribution in [2.45, 2.75) is 19.4 Å². The lowest BCUT2D eigenvalue weighted by Crippen LogP contribution is -2.03. The van der Waals surface area contributed by atoms with Gasteiger partial charge in [-0.3, -0.25) is 0 Å². The Morgan fingerprint density at radius 3 is 2.78 bits per heavy atom. The van der Waals surface area contributed by atoms with Crippen LogP contribution in [0.25, 0.3) is 0 Å². The number of halogens is 1. The number of hydrogen-bond acceptors (Lipinski definition) is 3. The Balaban J connectivity index is 2.23. The predicted octanol–water partition coefficient (Wildman–Crippen LogP) is 3.53. The van der Waals surface area contributed by atoms with E-state index in [1.54, 1.807) is 13.2 Å². The molecule has 0 radical (unpaired) electrons. The highest BCUT2D eigenvalue weighted by Crippen LogP contribution is 2.30. The summed E-state index contributed by atoms with van der Waals surface area (Å²) in [6.45, 7) is 2.00. The average Bonchev–Trinajstić information content (AvgIpc) is 2.76. The van der Waals surface area contributed by atoms with E-state index in [2.05, 4.69) is 0 Å². The highest BCUT2D eigenvalue weighted by atomic mass is 35.5. The van der Waals surface area contributed by atoms with Crippen LogP contribution < -0.4 is 4.74 Å². The van der Waals surface area contributed by atoms with E-state index in [1.807, 2.05) is 25.1 Å². The zero-order chi connectivity index (χ0) is 13.1. The molecule has 0 bridgehead atoms. The Kier molecular flexibility index (Phi) is 3.94. The van der Waals surface area contributed by atoms with Gasteiger partial charge in [0.25, 0.3) is 0 Å². The first-order valence-electron chi connectivity index (χ1n) is 5.66. The van der Waals surface area contributed by atoms with Crippen LogP contribution in [0.5, 0.6) is 5.75 Å². The fraction of sp³-hybridized carbons (Fsp3) is 0.286. The monoisotopic (exact) mass is 266 g/mol. The summed E-state index contributed by atoms with van der Waals surface area (Å²) in [6, 6.07) is 7.54. The molecule has 4 heteroatoms. The van der Waals surface area contributed by atoms with Crippen LogP contribution in [0.15, 0.2) is 34.9 Å². The zero-order valence-electron chi connectivity index (χ0n) is 10.3. The standard InChI is InChI=1S/C14H15ClO3/c1-9-3-4-13(17-2)10(7-9)8-12(16)11-5-6-18-14(11)15/h3-7,12,16H,8H2,1-2H3. The summed E-state index contributed by atoms with van der Waals surface area (Å²) in [5.74, 6) is 0.763. The average molecular weight is 267 g/mol. The number of rotatable bonds is 4. The molecule has 18 heavy (non-hydrogen) atoms. The number of ether oxygens (including phenoxy) is 1. The summed E-state index contributed by atoms with van der Waals surface area (Å²) >= 11 is 5.85. The van der Waals surface area contributed by atoms with E-state index in [9.17, 15) is 5.11 Å². The van der Waals surface area contributed by atoms with Gasteiger partial charge in [0.15, 0.2) is 5.22 Å². The van der Waals surface area contributed by atoms with E-state index < -0.39 is 6.10 Å². The van der Waals surface area contributed by atoms with Crippen molar-refractivity contribution in [1.29, 1.82) is 0 Å². The molecule has 2 aromatic rings. The molecule has 0 fully saturated rings. The maximum atomic E-state index is 10.2. The molecule has 0 aliphatic heterocycles. The van der Waals surface area contributed by atoms with Gasteiger partial charge in [-0.05, 0) is 36.2 Å². The van der Waals surface area contributed by atoms with Crippen molar-refractivity contribution in [3.8, 4) is 5.75 Å². The van der Waals surface area contributed by atoms with Gasteiger partial charge in [-0.25, -0.2) is 0 Å². The highest BCUT2D eigenvalue weighted by molar-refractivity contribution is 6.29. The normalized spacial score (nSPS) is 12.4. The lowest BCUT2D eigenvalue weighted by Gasteiger charge is -2.13. The number of methoxy groups -OCH3 is 1. The third-order valence-electron chi connectivity index (χ3n) is 2.85. The Morgan fingerprint density at radius 2 is 2.17 bits per heavy atom. The minimum absolute atomic E-state index is 0.231. The molecule has 1 heterocycles. The van der Waals surface area contributed by atoms with Crippen LogP contribution >= 0.6 is 11.6 Å². The van der Waals surface area contributed by atoms with Crippen molar-refractivity contribution in [3.05, 3.63) is 52.4 Å². The van der Waals surface area contributed by atoms with E-state index in [-0.39, 0.29) is 5.22 Å². The van der Waals surface area contributed by atoms with E-state index in [4.69, 9.17) is 20.8 Å². The maximum absolute atomic E-state index is 10.2. The number of aryl methyl sites for hydroxylation is 1. The second-order valence-corrected chi connectivity index (χ2v) is 4.53. The minimum Gasteiger partial charge on any atom is -0.496 e. The van der Waals surface area contributed by atoms with E-state index in [0.29, 0.717) is 12.0 Å². The second-order valence-electron chi connectivity index (χ2n) is 4.18. The van der Waals surface area contributed by atoms with Crippen LogP contribution in [-0.4, -0.2) is 12.2 Å². The highest BCUT2D eigenvalue weighted by Gasteiger charge is 2.16. The molecule has 2 rings (SSSR count). The molecule has 3 nitrogen and oxygen atoms in total. The molecule has 0 saturated carbocycles. The van der Waals surface area contributed by atoms with Gasteiger partial charge in [0.1, 0.15) is 5.75 Å². The zero-order valence-corrected chi connectivity index (χ0v) is 11.1. The molecule has 1 atom stereocenters. The smallest absolute Gasteiger partial charge is 0.198 e. The van der Waals surface area contributed by atoms with Crippen LogP contribution in [0.4, 0.5) is 0 Å². The summed E-state index contributed by atoms with van der Waals surface area (Å²) in [4.78, 5) is 0. The van der Waals surface area contributed by atoms with Crippen LogP contribution in [0.2, 0.25) is 5.22 Å². The summed E-state index contributed by atoms with van der Waals surface area (Å²) in [7, 11) is 1.62. The number of aliphatic hydroxyl groups is 1. The first kappa shape index (κ1) is 13.0. The second kappa shape index (κ2) is 5.46. The lowest BCUT2D eigenvalue weighted by atomic mass is 10.0. The first-order valence-corrected chi connectivity index (χ1v) is 6.04. The molecule has 0 aliphatic carbocycles. The molecule has 0 aliphatic rings. The third-order valence-corrected chi connectivity index (χ3v) is 3.16. The van der Waals surface area contributed by atoms with Crippen LogP contribution in [-0.2, 0) is 6.42 Å². The SMILES string of the molecule is COc1ccc(C)cc1CC(O)c1ccoc1Cl. The summed E-state index contributed by atoms with van der Waals surface area (Å²) < 4.78 is 10.3. The van der Waals surface area contributed by atoms with E-state index in [0.717, 1.165) is 16.9 Å². The van der Waals surface area contributed by atoms with Gasteiger partial charge in [0.05, 0.1) is 19.5 Å². The maximum Gasteiger partial charge on any atom is 0.198 e. The molecular weight excluding hydrogens is 252 g/mol.